The van der Waals surface area contributed by atoms with Gasteiger partial charge in [-0.1, -0.05) is 12.1 Å². The molecule has 7 heteroatoms. The number of carbonyl (C=O) groups is 2. The minimum absolute atomic E-state index is 0.166. The van der Waals surface area contributed by atoms with Crippen molar-refractivity contribution in [3.8, 4) is 0 Å². The standard InChI is InChI=1S/C14H12N4O2S/c1-8(19)15-12-7-6-11(21-12)13(20)18-14-16-9-4-2-3-5-10(9)17-14/h2-7H,1H3,(H,15,19)(H2,16,17,18,20). The van der Waals surface area contributed by atoms with E-state index in [9.17, 15) is 9.59 Å². The predicted octanol–water partition coefficient (Wildman–Crippen LogP) is 2.84. The highest BCUT2D eigenvalue weighted by Gasteiger charge is 2.12. The fourth-order valence-electron chi connectivity index (χ4n) is 1.88. The average molecular weight is 300 g/mol. The third-order valence-electron chi connectivity index (χ3n) is 2.75. The highest BCUT2D eigenvalue weighted by molar-refractivity contribution is 7.18. The zero-order chi connectivity index (χ0) is 14.8. The first-order chi connectivity index (χ1) is 10.1. The summed E-state index contributed by atoms with van der Waals surface area (Å²) in [4.78, 5) is 30.9. The summed E-state index contributed by atoms with van der Waals surface area (Å²) >= 11 is 1.21. The Morgan fingerprint density at radius 1 is 1.14 bits per heavy atom. The number of fused-ring (bicyclic) bond motifs is 1. The van der Waals surface area contributed by atoms with E-state index in [1.54, 1.807) is 12.1 Å². The van der Waals surface area contributed by atoms with E-state index < -0.39 is 0 Å². The van der Waals surface area contributed by atoms with Gasteiger partial charge < -0.3 is 10.3 Å². The number of nitrogens with zero attached hydrogens (tertiary/aromatic N) is 1. The first-order valence-corrected chi connectivity index (χ1v) is 7.07. The molecule has 0 aliphatic heterocycles. The van der Waals surface area contributed by atoms with Crippen molar-refractivity contribution < 1.29 is 9.59 Å². The fourth-order valence-corrected chi connectivity index (χ4v) is 2.73. The van der Waals surface area contributed by atoms with Crippen molar-refractivity contribution in [3.05, 3.63) is 41.3 Å². The summed E-state index contributed by atoms with van der Waals surface area (Å²) in [5.74, 6) is -0.0348. The molecule has 0 radical (unpaired) electrons. The van der Waals surface area contributed by atoms with Crippen molar-refractivity contribution in [1.29, 1.82) is 0 Å². The molecule has 0 saturated heterocycles. The van der Waals surface area contributed by atoms with E-state index in [1.165, 1.54) is 18.3 Å². The Morgan fingerprint density at radius 3 is 2.71 bits per heavy atom. The Labute approximate surface area is 124 Å². The summed E-state index contributed by atoms with van der Waals surface area (Å²) < 4.78 is 0. The molecule has 0 atom stereocenters. The van der Waals surface area contributed by atoms with Gasteiger partial charge >= 0.3 is 0 Å². The van der Waals surface area contributed by atoms with Crippen LogP contribution < -0.4 is 10.6 Å². The first-order valence-electron chi connectivity index (χ1n) is 6.25. The number of rotatable bonds is 3. The normalized spacial score (nSPS) is 10.5. The molecule has 0 aliphatic carbocycles. The van der Waals surface area contributed by atoms with Crippen molar-refractivity contribution in [2.45, 2.75) is 6.92 Å². The molecule has 0 aliphatic rings. The number of hydrogen-bond acceptors (Lipinski definition) is 4. The molecule has 3 aromatic rings. The van der Waals surface area contributed by atoms with Gasteiger partial charge in [0.05, 0.1) is 20.9 Å². The molecule has 0 spiro atoms. The van der Waals surface area contributed by atoms with E-state index in [0.717, 1.165) is 11.0 Å². The van der Waals surface area contributed by atoms with E-state index in [1.807, 2.05) is 24.3 Å². The van der Waals surface area contributed by atoms with Gasteiger partial charge in [-0.2, -0.15) is 0 Å². The second-order valence-electron chi connectivity index (χ2n) is 4.40. The van der Waals surface area contributed by atoms with Crippen molar-refractivity contribution in [3.63, 3.8) is 0 Å². The summed E-state index contributed by atoms with van der Waals surface area (Å²) in [7, 11) is 0. The van der Waals surface area contributed by atoms with Gasteiger partial charge in [-0.3, -0.25) is 14.9 Å². The van der Waals surface area contributed by atoms with E-state index in [0.29, 0.717) is 15.8 Å². The molecule has 0 bridgehead atoms. The largest absolute Gasteiger partial charge is 0.324 e. The SMILES string of the molecule is CC(=O)Nc1ccc(C(=O)Nc2nc3ccccc3[nH]2)s1. The van der Waals surface area contributed by atoms with Gasteiger partial charge in [0.2, 0.25) is 11.9 Å². The first kappa shape index (κ1) is 13.3. The number of imidazole rings is 1. The Hall–Kier alpha value is -2.67. The maximum absolute atomic E-state index is 12.1. The molecule has 6 nitrogen and oxygen atoms in total. The third-order valence-corrected chi connectivity index (χ3v) is 3.75. The lowest BCUT2D eigenvalue weighted by Crippen LogP contribution is -2.11. The summed E-state index contributed by atoms with van der Waals surface area (Å²) in [5, 5.41) is 5.98. The van der Waals surface area contributed by atoms with Crippen LogP contribution >= 0.6 is 11.3 Å². The van der Waals surface area contributed by atoms with Crippen molar-refractivity contribution in [1.82, 2.24) is 9.97 Å². The van der Waals surface area contributed by atoms with Gasteiger partial charge in [0, 0.05) is 6.92 Å². The van der Waals surface area contributed by atoms with Crippen molar-refractivity contribution >= 4 is 45.1 Å². The zero-order valence-electron chi connectivity index (χ0n) is 11.1. The molecule has 3 rings (SSSR count). The van der Waals surface area contributed by atoms with Gasteiger partial charge in [-0.05, 0) is 24.3 Å². The molecule has 1 aromatic carbocycles. The Morgan fingerprint density at radius 2 is 1.95 bits per heavy atom. The van der Waals surface area contributed by atoms with Gasteiger partial charge in [-0.25, -0.2) is 4.98 Å². The Bertz CT molecular complexity index is 788. The number of H-pyrrole nitrogens is 1. The maximum Gasteiger partial charge on any atom is 0.268 e. The molecule has 106 valence electrons. The minimum Gasteiger partial charge on any atom is -0.324 e. The molecule has 2 aromatic heterocycles. The van der Waals surface area contributed by atoms with Crippen LogP contribution in [0.25, 0.3) is 11.0 Å². The molecule has 0 fully saturated rings. The molecular formula is C14H12N4O2S. The van der Waals surface area contributed by atoms with Crippen LogP contribution in [0.2, 0.25) is 0 Å². The van der Waals surface area contributed by atoms with Crippen LogP contribution in [-0.2, 0) is 4.79 Å². The zero-order valence-corrected chi connectivity index (χ0v) is 12.0. The number of carbonyl (C=O) groups excluding carboxylic acids is 2. The maximum atomic E-state index is 12.1. The van der Waals surface area contributed by atoms with Crippen LogP contribution in [0.4, 0.5) is 10.9 Å². The van der Waals surface area contributed by atoms with Crippen molar-refractivity contribution in [2.75, 3.05) is 10.6 Å². The number of anilines is 2. The lowest BCUT2D eigenvalue weighted by molar-refractivity contribution is -0.114. The number of amides is 2. The molecule has 21 heavy (non-hydrogen) atoms. The summed E-state index contributed by atoms with van der Waals surface area (Å²) in [6.45, 7) is 1.42. The average Bonchev–Trinajstić information content (AvgIpc) is 3.03. The van der Waals surface area contributed by atoms with Gasteiger partial charge in [0.15, 0.2) is 0 Å². The highest BCUT2D eigenvalue weighted by Crippen LogP contribution is 2.23. The summed E-state index contributed by atoms with van der Waals surface area (Å²) in [6, 6.07) is 10.9. The van der Waals surface area contributed by atoms with Gasteiger partial charge in [0.25, 0.3) is 5.91 Å². The minimum atomic E-state index is -0.268. The quantitative estimate of drug-likeness (QED) is 0.695. The highest BCUT2D eigenvalue weighted by atomic mass is 32.1. The van der Waals surface area contributed by atoms with E-state index in [2.05, 4.69) is 20.6 Å². The van der Waals surface area contributed by atoms with Crippen molar-refractivity contribution in [2.24, 2.45) is 0 Å². The molecule has 3 N–H and O–H groups in total. The molecule has 2 heterocycles. The second kappa shape index (κ2) is 5.37. The molecule has 0 saturated carbocycles. The number of hydrogen-bond donors (Lipinski definition) is 3. The van der Waals surface area contributed by atoms with Crippen LogP contribution in [0.3, 0.4) is 0 Å². The van der Waals surface area contributed by atoms with Crippen LogP contribution in [0.15, 0.2) is 36.4 Å². The second-order valence-corrected chi connectivity index (χ2v) is 5.49. The number of aromatic nitrogens is 2. The third kappa shape index (κ3) is 2.92. The Balaban J connectivity index is 1.76. The van der Waals surface area contributed by atoms with E-state index in [4.69, 9.17) is 0 Å². The number of nitrogens with one attached hydrogen (secondary N) is 3. The molecular weight excluding hydrogens is 288 g/mol. The van der Waals surface area contributed by atoms with Crippen LogP contribution in [-0.4, -0.2) is 21.8 Å². The van der Waals surface area contributed by atoms with Gasteiger partial charge in [0.1, 0.15) is 0 Å². The van der Waals surface area contributed by atoms with E-state index >= 15 is 0 Å². The fraction of sp³-hybridized carbons (Fsp3) is 0.0714. The number of thiophene rings is 1. The number of para-hydroxylation sites is 2. The predicted molar refractivity (Wildman–Crippen MR) is 82.7 cm³/mol. The van der Waals surface area contributed by atoms with E-state index in [-0.39, 0.29) is 11.8 Å². The molecule has 2 amide bonds. The van der Waals surface area contributed by atoms with Gasteiger partial charge in [-0.15, -0.1) is 11.3 Å². The Kier molecular flexibility index (Phi) is 3.41. The summed E-state index contributed by atoms with van der Waals surface area (Å²) in [6.07, 6.45) is 0. The number of benzene rings is 1. The topological polar surface area (TPSA) is 86.9 Å². The smallest absolute Gasteiger partial charge is 0.268 e. The summed E-state index contributed by atoms with van der Waals surface area (Å²) in [5.41, 5.74) is 1.65. The van der Waals surface area contributed by atoms with Crippen LogP contribution in [0.1, 0.15) is 16.6 Å². The molecule has 0 unspecified atom stereocenters. The lowest BCUT2D eigenvalue weighted by atomic mass is 10.3. The van der Waals surface area contributed by atoms with Crippen LogP contribution in [0.5, 0.6) is 0 Å². The number of aromatic amines is 1. The van der Waals surface area contributed by atoms with Crippen LogP contribution in [0, 0.1) is 0 Å². The lowest BCUT2D eigenvalue weighted by Gasteiger charge is -1.98. The monoisotopic (exact) mass is 300 g/mol.